The third-order valence-corrected chi connectivity index (χ3v) is 4.68. The Bertz CT molecular complexity index is 672. The van der Waals surface area contributed by atoms with Crippen LogP contribution in [0.25, 0.3) is 0 Å². The van der Waals surface area contributed by atoms with Gasteiger partial charge in [-0.05, 0) is 24.5 Å². The first kappa shape index (κ1) is 18.3. The molecule has 0 aliphatic rings. The molecule has 0 spiro atoms. The Labute approximate surface area is 145 Å². The molecule has 0 bridgehead atoms. The summed E-state index contributed by atoms with van der Waals surface area (Å²) in [6.07, 6.45) is 0.687. The highest BCUT2D eigenvalue weighted by Gasteiger charge is 2.23. The van der Waals surface area contributed by atoms with Crippen LogP contribution in [0.2, 0.25) is 0 Å². The van der Waals surface area contributed by atoms with Crippen molar-refractivity contribution in [2.24, 2.45) is 0 Å². The lowest BCUT2D eigenvalue weighted by atomic mass is 10.1. The Kier molecular flexibility index (Phi) is 6.62. The number of hydrogen-bond donors (Lipinski definition) is 3. The van der Waals surface area contributed by atoms with Crippen molar-refractivity contribution in [2.75, 3.05) is 18.1 Å². The van der Waals surface area contributed by atoms with E-state index in [1.54, 1.807) is 4.90 Å². The van der Waals surface area contributed by atoms with Gasteiger partial charge in [0, 0.05) is 6.54 Å². The number of amides is 1. The topological polar surface area (TPSA) is 108 Å². The van der Waals surface area contributed by atoms with Crippen molar-refractivity contribution in [1.82, 2.24) is 20.1 Å². The molecule has 0 saturated carbocycles. The van der Waals surface area contributed by atoms with Gasteiger partial charge < -0.3 is 15.7 Å². The third-order valence-electron chi connectivity index (χ3n) is 3.85. The number of nitrogens with zero attached hydrogens (tertiary/aromatic N) is 3. The van der Waals surface area contributed by atoms with Crippen LogP contribution >= 0.6 is 11.8 Å². The van der Waals surface area contributed by atoms with Crippen LogP contribution in [0.15, 0.2) is 29.4 Å². The number of carbonyl (C=O) groups is 1. The van der Waals surface area contributed by atoms with Crippen molar-refractivity contribution in [2.45, 2.75) is 38.0 Å². The van der Waals surface area contributed by atoms with Crippen molar-refractivity contribution in [3.63, 3.8) is 0 Å². The van der Waals surface area contributed by atoms with Gasteiger partial charge in [0.25, 0.3) is 0 Å². The van der Waals surface area contributed by atoms with Crippen molar-refractivity contribution in [1.29, 1.82) is 0 Å². The first-order chi connectivity index (χ1) is 11.5. The maximum Gasteiger partial charge on any atom is 0.233 e. The SMILES string of the molecule is CC[C@@H](CO)N(Cc1ccccc1C)C(=O)CSc1n[nH]c(N)n1. The smallest absolute Gasteiger partial charge is 0.233 e. The van der Waals surface area contributed by atoms with Gasteiger partial charge in [-0.2, -0.15) is 4.98 Å². The lowest BCUT2D eigenvalue weighted by molar-refractivity contribution is -0.132. The van der Waals surface area contributed by atoms with Gasteiger partial charge in [-0.1, -0.05) is 43.0 Å². The van der Waals surface area contributed by atoms with E-state index in [-0.39, 0.29) is 30.3 Å². The predicted octanol–water partition coefficient (Wildman–Crippen LogP) is 1.59. The van der Waals surface area contributed by atoms with E-state index >= 15 is 0 Å². The van der Waals surface area contributed by atoms with Crippen LogP contribution in [0, 0.1) is 6.92 Å². The number of anilines is 1. The number of carbonyl (C=O) groups excluding carboxylic acids is 1. The number of aliphatic hydroxyl groups is 1. The molecular formula is C16H23N5O2S. The van der Waals surface area contributed by atoms with Gasteiger partial charge in [-0.25, -0.2) is 5.10 Å². The predicted molar refractivity (Wildman–Crippen MR) is 94.4 cm³/mol. The third kappa shape index (κ3) is 4.72. The minimum Gasteiger partial charge on any atom is -0.394 e. The Morgan fingerprint density at radius 2 is 2.21 bits per heavy atom. The highest BCUT2D eigenvalue weighted by atomic mass is 32.2. The first-order valence-electron chi connectivity index (χ1n) is 7.80. The quantitative estimate of drug-likeness (QED) is 0.625. The summed E-state index contributed by atoms with van der Waals surface area (Å²) in [5.41, 5.74) is 7.68. The number of hydrogen-bond acceptors (Lipinski definition) is 6. The molecule has 0 aliphatic heterocycles. The Morgan fingerprint density at radius 1 is 1.46 bits per heavy atom. The summed E-state index contributed by atoms with van der Waals surface area (Å²) in [4.78, 5) is 18.4. The second-order valence-corrected chi connectivity index (χ2v) is 6.43. The molecule has 1 heterocycles. The van der Waals surface area contributed by atoms with Crippen LogP contribution in [0.1, 0.15) is 24.5 Å². The van der Waals surface area contributed by atoms with E-state index in [2.05, 4.69) is 15.2 Å². The van der Waals surface area contributed by atoms with E-state index in [0.29, 0.717) is 18.1 Å². The van der Waals surface area contributed by atoms with E-state index < -0.39 is 0 Å². The Balaban J connectivity index is 2.09. The molecule has 0 unspecified atom stereocenters. The van der Waals surface area contributed by atoms with E-state index in [1.165, 1.54) is 11.8 Å². The molecular weight excluding hydrogens is 326 g/mol. The molecule has 7 nitrogen and oxygen atoms in total. The average molecular weight is 349 g/mol. The van der Waals surface area contributed by atoms with Gasteiger partial charge in [0.1, 0.15) is 0 Å². The zero-order valence-electron chi connectivity index (χ0n) is 13.9. The Morgan fingerprint density at radius 3 is 2.79 bits per heavy atom. The normalized spacial score (nSPS) is 12.1. The summed E-state index contributed by atoms with van der Waals surface area (Å²) in [7, 11) is 0. The summed E-state index contributed by atoms with van der Waals surface area (Å²) in [6, 6.07) is 7.73. The van der Waals surface area contributed by atoms with Gasteiger partial charge in [-0.15, -0.1) is 5.10 Å². The van der Waals surface area contributed by atoms with Crippen LogP contribution < -0.4 is 5.73 Å². The zero-order valence-corrected chi connectivity index (χ0v) is 14.7. The van der Waals surface area contributed by atoms with Crippen molar-refractivity contribution >= 4 is 23.6 Å². The maximum atomic E-state index is 12.7. The number of nitrogen functional groups attached to an aromatic ring is 1. The molecule has 1 atom stereocenters. The molecule has 0 aliphatic carbocycles. The number of nitrogens with one attached hydrogen (secondary N) is 1. The van der Waals surface area contributed by atoms with Gasteiger partial charge in [0.2, 0.25) is 17.0 Å². The fourth-order valence-corrected chi connectivity index (χ4v) is 3.06. The number of aryl methyl sites for hydroxylation is 1. The fraction of sp³-hybridized carbons (Fsp3) is 0.438. The lowest BCUT2D eigenvalue weighted by Gasteiger charge is -2.30. The zero-order chi connectivity index (χ0) is 17.5. The van der Waals surface area contributed by atoms with Crippen LogP contribution in [0.5, 0.6) is 0 Å². The summed E-state index contributed by atoms with van der Waals surface area (Å²) in [6.45, 7) is 4.39. The molecule has 4 N–H and O–H groups in total. The van der Waals surface area contributed by atoms with Gasteiger partial charge >= 0.3 is 0 Å². The number of thioether (sulfide) groups is 1. The van der Waals surface area contributed by atoms with Gasteiger partial charge in [0.05, 0.1) is 18.4 Å². The lowest BCUT2D eigenvalue weighted by Crippen LogP contribution is -2.42. The highest BCUT2D eigenvalue weighted by Crippen LogP contribution is 2.18. The molecule has 1 aromatic carbocycles. The molecule has 24 heavy (non-hydrogen) atoms. The van der Waals surface area contributed by atoms with Gasteiger partial charge in [-0.3, -0.25) is 4.79 Å². The van der Waals surface area contributed by atoms with Crippen molar-refractivity contribution < 1.29 is 9.90 Å². The first-order valence-corrected chi connectivity index (χ1v) is 8.79. The summed E-state index contributed by atoms with van der Waals surface area (Å²) >= 11 is 1.22. The standard InChI is InChI=1S/C16H23N5O2S/c1-3-13(9-22)21(8-12-7-5-4-6-11(12)2)14(23)10-24-16-18-15(17)19-20-16/h4-7,13,22H,3,8-10H2,1-2H3,(H3,17,18,19,20)/t13-/m0/s1. The second-order valence-electron chi connectivity index (χ2n) is 5.48. The largest absolute Gasteiger partial charge is 0.394 e. The molecule has 0 saturated heterocycles. The van der Waals surface area contributed by atoms with Crippen LogP contribution in [0.4, 0.5) is 5.95 Å². The average Bonchev–Trinajstić information content (AvgIpc) is 3.00. The van der Waals surface area contributed by atoms with E-state index in [1.807, 2.05) is 38.1 Å². The number of nitrogens with two attached hydrogens (primary N) is 1. The van der Waals surface area contributed by atoms with E-state index in [9.17, 15) is 9.90 Å². The Hall–Kier alpha value is -2.06. The molecule has 1 aromatic heterocycles. The highest BCUT2D eigenvalue weighted by molar-refractivity contribution is 7.99. The number of aromatic amines is 1. The molecule has 0 radical (unpaired) electrons. The molecule has 2 aromatic rings. The minimum atomic E-state index is -0.213. The van der Waals surface area contributed by atoms with Gasteiger partial charge in [0.15, 0.2) is 0 Å². The number of benzene rings is 1. The summed E-state index contributed by atoms with van der Waals surface area (Å²) in [5, 5.41) is 16.5. The van der Waals surface area contributed by atoms with E-state index in [0.717, 1.165) is 11.1 Å². The summed E-state index contributed by atoms with van der Waals surface area (Å²) in [5.74, 6) is 0.357. The van der Waals surface area contributed by atoms with Crippen LogP contribution in [-0.4, -0.2) is 49.5 Å². The van der Waals surface area contributed by atoms with Crippen LogP contribution in [0.3, 0.4) is 0 Å². The van der Waals surface area contributed by atoms with E-state index in [4.69, 9.17) is 5.73 Å². The van der Waals surface area contributed by atoms with Crippen molar-refractivity contribution in [3.05, 3.63) is 35.4 Å². The number of aromatic nitrogens is 3. The number of aliphatic hydroxyl groups excluding tert-OH is 1. The minimum absolute atomic E-state index is 0.0625. The van der Waals surface area contributed by atoms with Crippen LogP contribution in [-0.2, 0) is 11.3 Å². The molecule has 1 amide bonds. The monoisotopic (exact) mass is 349 g/mol. The number of rotatable bonds is 8. The van der Waals surface area contributed by atoms with Crippen molar-refractivity contribution in [3.8, 4) is 0 Å². The number of H-pyrrole nitrogens is 1. The summed E-state index contributed by atoms with van der Waals surface area (Å²) < 4.78 is 0. The molecule has 0 fully saturated rings. The maximum absolute atomic E-state index is 12.7. The molecule has 8 heteroatoms. The fourth-order valence-electron chi connectivity index (χ4n) is 2.37. The second kappa shape index (κ2) is 8.70. The molecule has 2 rings (SSSR count). The molecule has 130 valence electrons.